The van der Waals surface area contributed by atoms with Crippen molar-refractivity contribution < 1.29 is 14.3 Å². The third kappa shape index (κ3) is 3.54. The van der Waals surface area contributed by atoms with E-state index in [1.165, 1.54) is 0 Å². The highest BCUT2D eigenvalue weighted by Crippen LogP contribution is 2.15. The van der Waals surface area contributed by atoms with E-state index in [-0.39, 0.29) is 17.9 Å². The fourth-order valence-corrected chi connectivity index (χ4v) is 2.50. The van der Waals surface area contributed by atoms with Gasteiger partial charge in [-0.2, -0.15) is 0 Å². The van der Waals surface area contributed by atoms with Gasteiger partial charge >= 0.3 is 0 Å². The maximum absolute atomic E-state index is 12.4. The van der Waals surface area contributed by atoms with Crippen LogP contribution in [0, 0.1) is 0 Å². The molecule has 2 rings (SSSR count). The van der Waals surface area contributed by atoms with Gasteiger partial charge in [0, 0.05) is 20.1 Å². The van der Waals surface area contributed by atoms with E-state index in [1.807, 2.05) is 31.2 Å². The lowest BCUT2D eigenvalue weighted by Crippen LogP contribution is -2.56. The molecule has 0 aliphatic carbocycles. The Morgan fingerprint density at radius 2 is 1.95 bits per heavy atom. The molecule has 1 heterocycles. The van der Waals surface area contributed by atoms with Gasteiger partial charge in [-0.3, -0.25) is 9.59 Å². The Morgan fingerprint density at radius 1 is 1.29 bits per heavy atom. The molecular formula is C16H22N2O3. The van der Waals surface area contributed by atoms with Crippen LogP contribution in [0.1, 0.15) is 19.4 Å². The molecule has 1 aromatic rings. The van der Waals surface area contributed by atoms with Crippen molar-refractivity contribution in [1.29, 1.82) is 0 Å². The fraction of sp³-hybridized carbons (Fsp3) is 0.500. The molecule has 0 saturated carbocycles. The van der Waals surface area contributed by atoms with Gasteiger partial charge in [-0.05, 0) is 31.5 Å². The average Bonchev–Trinajstić information content (AvgIpc) is 2.47. The average molecular weight is 290 g/mol. The second-order valence-electron chi connectivity index (χ2n) is 5.28. The molecule has 1 saturated heterocycles. The van der Waals surface area contributed by atoms with E-state index in [1.54, 1.807) is 23.8 Å². The van der Waals surface area contributed by atoms with E-state index < -0.39 is 0 Å². The fourth-order valence-electron chi connectivity index (χ4n) is 2.50. The molecule has 1 aromatic carbocycles. The maximum atomic E-state index is 12.4. The first-order valence-electron chi connectivity index (χ1n) is 7.29. The largest absolute Gasteiger partial charge is 0.494 e. The van der Waals surface area contributed by atoms with Crippen LogP contribution >= 0.6 is 0 Å². The molecule has 5 nitrogen and oxygen atoms in total. The van der Waals surface area contributed by atoms with E-state index in [0.29, 0.717) is 26.1 Å². The van der Waals surface area contributed by atoms with Crippen LogP contribution in [0.25, 0.3) is 0 Å². The summed E-state index contributed by atoms with van der Waals surface area (Å²) in [6.07, 6.45) is 0.313. The molecule has 1 atom stereocenters. The SMILES string of the molecule is CCOc1ccc(CC(=O)N2CCN(C)C(=O)C2C)cc1. The molecule has 1 aliphatic rings. The molecule has 0 N–H and O–H groups in total. The lowest BCUT2D eigenvalue weighted by atomic mass is 10.1. The molecule has 0 radical (unpaired) electrons. The topological polar surface area (TPSA) is 49.9 Å². The summed E-state index contributed by atoms with van der Waals surface area (Å²) >= 11 is 0. The van der Waals surface area contributed by atoms with Crippen molar-refractivity contribution >= 4 is 11.8 Å². The maximum Gasteiger partial charge on any atom is 0.244 e. The number of hydrogen-bond donors (Lipinski definition) is 0. The van der Waals surface area contributed by atoms with Gasteiger partial charge in [0.15, 0.2) is 0 Å². The van der Waals surface area contributed by atoms with Gasteiger partial charge in [-0.15, -0.1) is 0 Å². The first-order valence-corrected chi connectivity index (χ1v) is 7.29. The summed E-state index contributed by atoms with van der Waals surface area (Å²) in [4.78, 5) is 27.6. The van der Waals surface area contributed by atoms with Gasteiger partial charge in [0.2, 0.25) is 11.8 Å². The summed E-state index contributed by atoms with van der Waals surface area (Å²) in [5.74, 6) is 0.797. The minimum atomic E-state index is -0.376. The van der Waals surface area contributed by atoms with Crippen LogP contribution in [0.2, 0.25) is 0 Å². The number of rotatable bonds is 4. The van der Waals surface area contributed by atoms with Gasteiger partial charge in [0.05, 0.1) is 13.0 Å². The molecule has 1 aliphatic heterocycles. The molecule has 21 heavy (non-hydrogen) atoms. The molecular weight excluding hydrogens is 268 g/mol. The molecule has 0 aromatic heterocycles. The normalized spacial score (nSPS) is 18.8. The van der Waals surface area contributed by atoms with Gasteiger partial charge in [0.1, 0.15) is 11.8 Å². The summed E-state index contributed by atoms with van der Waals surface area (Å²) in [5, 5.41) is 0. The Hall–Kier alpha value is -2.04. The highest BCUT2D eigenvalue weighted by Gasteiger charge is 2.32. The highest BCUT2D eigenvalue weighted by molar-refractivity contribution is 5.89. The summed E-state index contributed by atoms with van der Waals surface area (Å²) in [7, 11) is 1.77. The second-order valence-corrected chi connectivity index (χ2v) is 5.28. The zero-order valence-electron chi connectivity index (χ0n) is 12.8. The number of likely N-dealkylation sites (N-methyl/N-ethyl adjacent to an activating group) is 1. The van der Waals surface area contributed by atoms with Gasteiger partial charge in [0.25, 0.3) is 0 Å². The Bertz CT molecular complexity index is 513. The van der Waals surface area contributed by atoms with Gasteiger partial charge in [-0.1, -0.05) is 12.1 Å². The molecule has 114 valence electrons. The first-order chi connectivity index (χ1) is 10.0. The van der Waals surface area contributed by atoms with E-state index in [2.05, 4.69) is 0 Å². The summed E-state index contributed by atoms with van der Waals surface area (Å²) in [5.41, 5.74) is 0.932. The van der Waals surface area contributed by atoms with Crippen LogP contribution < -0.4 is 4.74 Å². The second kappa shape index (κ2) is 6.61. The van der Waals surface area contributed by atoms with Crippen LogP contribution in [-0.2, 0) is 16.0 Å². The van der Waals surface area contributed by atoms with Crippen molar-refractivity contribution in [2.45, 2.75) is 26.3 Å². The minimum absolute atomic E-state index is 0.00120. The quantitative estimate of drug-likeness (QED) is 0.840. The monoisotopic (exact) mass is 290 g/mol. The Balaban J connectivity index is 1.99. The third-order valence-corrected chi connectivity index (χ3v) is 3.79. The van der Waals surface area contributed by atoms with E-state index in [0.717, 1.165) is 11.3 Å². The molecule has 0 spiro atoms. The number of carbonyl (C=O) groups is 2. The zero-order valence-corrected chi connectivity index (χ0v) is 12.8. The van der Waals surface area contributed by atoms with Crippen molar-refractivity contribution in [2.75, 3.05) is 26.7 Å². The lowest BCUT2D eigenvalue weighted by Gasteiger charge is -2.37. The van der Waals surface area contributed by atoms with Crippen LogP contribution in [0.4, 0.5) is 0 Å². The number of hydrogen-bond acceptors (Lipinski definition) is 3. The van der Waals surface area contributed by atoms with E-state index in [9.17, 15) is 9.59 Å². The Labute approximate surface area is 125 Å². The van der Waals surface area contributed by atoms with Crippen molar-refractivity contribution in [2.24, 2.45) is 0 Å². The van der Waals surface area contributed by atoms with Gasteiger partial charge < -0.3 is 14.5 Å². The zero-order chi connectivity index (χ0) is 15.4. The third-order valence-electron chi connectivity index (χ3n) is 3.79. The van der Waals surface area contributed by atoms with Crippen LogP contribution in [0.15, 0.2) is 24.3 Å². The van der Waals surface area contributed by atoms with E-state index in [4.69, 9.17) is 4.74 Å². The molecule has 1 fully saturated rings. The summed E-state index contributed by atoms with van der Waals surface area (Å²) in [6.45, 7) is 5.54. The lowest BCUT2D eigenvalue weighted by molar-refractivity contribution is -0.149. The molecule has 2 amide bonds. The van der Waals surface area contributed by atoms with Gasteiger partial charge in [-0.25, -0.2) is 0 Å². The number of nitrogens with zero attached hydrogens (tertiary/aromatic N) is 2. The number of benzene rings is 1. The summed E-state index contributed by atoms with van der Waals surface area (Å²) < 4.78 is 5.38. The minimum Gasteiger partial charge on any atom is -0.494 e. The predicted molar refractivity (Wildman–Crippen MR) is 80.1 cm³/mol. The first kappa shape index (κ1) is 15.4. The van der Waals surface area contributed by atoms with Crippen molar-refractivity contribution in [1.82, 2.24) is 9.80 Å². The number of ether oxygens (including phenoxy) is 1. The van der Waals surface area contributed by atoms with Crippen LogP contribution in [-0.4, -0.2) is 54.4 Å². The van der Waals surface area contributed by atoms with Crippen molar-refractivity contribution in [3.63, 3.8) is 0 Å². The standard InChI is InChI=1S/C16H22N2O3/c1-4-21-14-7-5-13(6-8-14)11-15(19)18-10-9-17(3)16(20)12(18)2/h5-8,12H,4,9-11H2,1-3H3. The smallest absolute Gasteiger partial charge is 0.244 e. The van der Waals surface area contributed by atoms with Crippen LogP contribution in [0.5, 0.6) is 5.75 Å². The number of piperazine rings is 1. The summed E-state index contributed by atoms with van der Waals surface area (Å²) in [6, 6.07) is 7.14. The Kier molecular flexibility index (Phi) is 4.83. The number of amides is 2. The highest BCUT2D eigenvalue weighted by atomic mass is 16.5. The molecule has 0 bridgehead atoms. The molecule has 5 heteroatoms. The van der Waals surface area contributed by atoms with Crippen molar-refractivity contribution in [3.05, 3.63) is 29.8 Å². The van der Waals surface area contributed by atoms with Crippen LogP contribution in [0.3, 0.4) is 0 Å². The molecule has 1 unspecified atom stereocenters. The van der Waals surface area contributed by atoms with Crippen molar-refractivity contribution in [3.8, 4) is 5.75 Å². The van der Waals surface area contributed by atoms with E-state index >= 15 is 0 Å². The predicted octanol–water partition coefficient (Wildman–Crippen LogP) is 1.32. The Morgan fingerprint density at radius 3 is 2.57 bits per heavy atom. The number of carbonyl (C=O) groups excluding carboxylic acids is 2.